The van der Waals surface area contributed by atoms with Crippen LogP contribution in [0.4, 0.5) is 0 Å². The molecule has 8 nitrogen and oxygen atoms in total. The third-order valence-corrected chi connectivity index (χ3v) is 7.24. The number of carboxylic acids is 1. The first-order chi connectivity index (χ1) is 18.4. The van der Waals surface area contributed by atoms with Crippen molar-refractivity contribution in [2.24, 2.45) is 0 Å². The molecule has 8 heteroatoms. The van der Waals surface area contributed by atoms with Crippen LogP contribution in [0.3, 0.4) is 0 Å². The van der Waals surface area contributed by atoms with Crippen LogP contribution in [0.15, 0.2) is 85.1 Å². The van der Waals surface area contributed by atoms with Crippen molar-refractivity contribution in [1.29, 1.82) is 0 Å². The van der Waals surface area contributed by atoms with Gasteiger partial charge in [0.25, 0.3) is 0 Å². The summed E-state index contributed by atoms with van der Waals surface area (Å²) >= 11 is 0. The van der Waals surface area contributed by atoms with E-state index < -0.39 is 5.97 Å². The Hall–Kier alpha value is -4.01. The Morgan fingerprint density at radius 2 is 1.71 bits per heavy atom. The lowest BCUT2D eigenvalue weighted by molar-refractivity contribution is -0.138. The summed E-state index contributed by atoms with van der Waals surface area (Å²) < 4.78 is 0. The molecule has 3 atom stereocenters. The summed E-state index contributed by atoms with van der Waals surface area (Å²) in [5.74, 6) is -0.730. The second-order valence-corrected chi connectivity index (χ2v) is 10.1. The first-order valence-corrected chi connectivity index (χ1v) is 12.9. The molecule has 1 aliphatic heterocycles. The zero-order valence-electron chi connectivity index (χ0n) is 21.7. The van der Waals surface area contributed by atoms with Gasteiger partial charge in [0.2, 0.25) is 0 Å². The summed E-state index contributed by atoms with van der Waals surface area (Å²) in [6.07, 6.45) is 1.58. The van der Waals surface area contributed by atoms with Crippen molar-refractivity contribution in [3.8, 4) is 17.0 Å². The highest BCUT2D eigenvalue weighted by Crippen LogP contribution is 2.35. The maximum atomic E-state index is 11.0. The van der Waals surface area contributed by atoms with Gasteiger partial charge < -0.3 is 10.2 Å². The third-order valence-electron chi connectivity index (χ3n) is 7.24. The normalized spacial score (nSPS) is 19.3. The Bertz CT molecular complexity index is 1370. The minimum absolute atomic E-state index is 0.0323. The van der Waals surface area contributed by atoms with E-state index in [9.17, 15) is 9.90 Å². The molecule has 3 aromatic carbocycles. The third kappa shape index (κ3) is 5.77. The van der Waals surface area contributed by atoms with Gasteiger partial charge in [-0.05, 0) is 42.7 Å². The average Bonchev–Trinajstić information content (AvgIpc) is 3.36. The lowest BCUT2D eigenvalue weighted by atomic mass is 9.92. The minimum Gasteiger partial charge on any atom is -0.508 e. The lowest BCUT2D eigenvalue weighted by Gasteiger charge is -2.47. The monoisotopic (exact) mass is 511 g/mol. The van der Waals surface area contributed by atoms with Crippen molar-refractivity contribution in [1.82, 2.24) is 24.8 Å². The molecule has 0 radical (unpaired) electrons. The van der Waals surface area contributed by atoms with Crippen molar-refractivity contribution >= 4 is 5.97 Å². The summed E-state index contributed by atoms with van der Waals surface area (Å²) in [6, 6.07) is 26.9. The predicted octanol–water partition coefficient (Wildman–Crippen LogP) is 4.42. The van der Waals surface area contributed by atoms with Crippen LogP contribution in [0.2, 0.25) is 0 Å². The Morgan fingerprint density at radius 1 is 0.947 bits per heavy atom. The summed E-state index contributed by atoms with van der Waals surface area (Å²) in [5.41, 5.74) is 4.98. The number of carboxylic acid groups (broad SMARTS) is 1. The van der Waals surface area contributed by atoms with Crippen molar-refractivity contribution in [3.63, 3.8) is 0 Å². The average molecular weight is 512 g/mol. The van der Waals surface area contributed by atoms with Crippen LogP contribution in [0.25, 0.3) is 11.3 Å². The van der Waals surface area contributed by atoms with Gasteiger partial charge in [-0.3, -0.25) is 14.6 Å². The van der Waals surface area contributed by atoms with E-state index in [-0.39, 0.29) is 24.4 Å². The fraction of sp³-hybridized carbons (Fsp3) is 0.300. The Kier molecular flexibility index (Phi) is 7.53. The molecule has 0 saturated carbocycles. The number of benzene rings is 3. The van der Waals surface area contributed by atoms with Crippen LogP contribution in [-0.2, 0) is 17.9 Å². The molecule has 0 unspecified atom stereocenters. The maximum Gasteiger partial charge on any atom is 0.327 e. The molecule has 196 valence electrons. The second kappa shape index (κ2) is 11.2. The van der Waals surface area contributed by atoms with Crippen molar-refractivity contribution < 1.29 is 15.0 Å². The number of phenolic OH excluding ortho intramolecular Hbond substituents is 1. The molecule has 0 aliphatic carbocycles. The zero-order chi connectivity index (χ0) is 26.6. The molecule has 1 saturated heterocycles. The van der Waals surface area contributed by atoms with Gasteiger partial charge in [0.1, 0.15) is 11.4 Å². The van der Waals surface area contributed by atoms with E-state index in [0.717, 1.165) is 36.3 Å². The van der Waals surface area contributed by atoms with Gasteiger partial charge in [-0.25, -0.2) is 0 Å². The van der Waals surface area contributed by atoms with Gasteiger partial charge in [0.05, 0.1) is 12.2 Å². The van der Waals surface area contributed by atoms with E-state index in [4.69, 9.17) is 5.11 Å². The molecule has 0 amide bonds. The number of hydrogen-bond acceptors (Lipinski definition) is 6. The van der Waals surface area contributed by atoms with Gasteiger partial charge in [-0.2, -0.15) is 15.0 Å². The van der Waals surface area contributed by atoms with Crippen LogP contribution >= 0.6 is 0 Å². The molecule has 4 aromatic rings. The number of hydrogen-bond donors (Lipinski definition) is 2. The standard InChI is InChI=1S/C30H33N5O3/c1-21-18-34(22(2)17-33(21)19-23-7-4-3-5-8-23)30(26-9-6-10-27(36)15-26)25-13-11-24(12-14-25)28-16-31-35(32-28)20-29(37)38/h3-16,21-22,30,36H,17-20H2,1-2H3,(H,37,38)/t21-,22+,30-/m1/s1. The fourth-order valence-electron chi connectivity index (χ4n) is 5.36. The van der Waals surface area contributed by atoms with Gasteiger partial charge in [-0.1, -0.05) is 66.7 Å². The molecule has 1 fully saturated rings. The van der Waals surface area contributed by atoms with Crippen LogP contribution in [0.1, 0.15) is 36.6 Å². The first kappa shape index (κ1) is 25.6. The molecule has 0 spiro atoms. The second-order valence-electron chi connectivity index (χ2n) is 10.1. The summed E-state index contributed by atoms with van der Waals surface area (Å²) in [6.45, 7) is 7.04. The van der Waals surface area contributed by atoms with E-state index in [0.29, 0.717) is 11.7 Å². The number of piperazine rings is 1. The van der Waals surface area contributed by atoms with E-state index in [1.165, 1.54) is 10.4 Å². The number of aromatic nitrogens is 3. The van der Waals surface area contributed by atoms with Crippen molar-refractivity contribution in [2.75, 3.05) is 13.1 Å². The van der Waals surface area contributed by atoms with Crippen molar-refractivity contribution in [2.45, 2.75) is 45.1 Å². The molecule has 1 aromatic heterocycles. The lowest BCUT2D eigenvalue weighted by Crippen LogP contribution is -2.56. The number of carbonyl (C=O) groups is 1. The predicted molar refractivity (Wildman–Crippen MR) is 146 cm³/mol. The Morgan fingerprint density at radius 3 is 2.42 bits per heavy atom. The van der Waals surface area contributed by atoms with E-state index in [2.05, 4.69) is 82.4 Å². The van der Waals surface area contributed by atoms with Crippen molar-refractivity contribution in [3.05, 3.63) is 102 Å². The largest absolute Gasteiger partial charge is 0.508 e. The summed E-state index contributed by atoms with van der Waals surface area (Å²) in [5, 5.41) is 27.7. The molecule has 5 rings (SSSR count). The van der Waals surface area contributed by atoms with Gasteiger partial charge >= 0.3 is 5.97 Å². The van der Waals surface area contributed by atoms with E-state index >= 15 is 0 Å². The first-order valence-electron chi connectivity index (χ1n) is 12.9. The number of rotatable bonds is 8. The van der Waals surface area contributed by atoms with Crippen LogP contribution < -0.4 is 0 Å². The molecule has 2 N–H and O–H groups in total. The van der Waals surface area contributed by atoms with Gasteiger partial charge in [-0.15, -0.1) is 0 Å². The number of aromatic hydroxyl groups is 1. The topological polar surface area (TPSA) is 94.7 Å². The smallest absolute Gasteiger partial charge is 0.327 e. The molecule has 38 heavy (non-hydrogen) atoms. The van der Waals surface area contributed by atoms with Gasteiger partial charge in [0.15, 0.2) is 6.54 Å². The highest BCUT2D eigenvalue weighted by Gasteiger charge is 2.35. The maximum absolute atomic E-state index is 11.0. The van der Waals surface area contributed by atoms with E-state index in [1.54, 1.807) is 12.3 Å². The number of aliphatic carboxylic acids is 1. The number of nitrogens with zero attached hydrogens (tertiary/aromatic N) is 5. The van der Waals surface area contributed by atoms with Crippen LogP contribution in [-0.4, -0.2) is 66.1 Å². The Balaban J connectivity index is 1.41. The Labute approximate surface area is 222 Å². The SMILES string of the molecule is C[C@@H]1CN([C@H](c2ccc(-c3cnn(CC(=O)O)n3)cc2)c2cccc(O)c2)[C@@H](C)CN1Cc1ccccc1. The zero-order valence-corrected chi connectivity index (χ0v) is 21.7. The molecular formula is C30H33N5O3. The highest BCUT2D eigenvalue weighted by molar-refractivity contribution is 5.66. The number of phenols is 1. The molecular weight excluding hydrogens is 478 g/mol. The van der Waals surface area contributed by atoms with Crippen LogP contribution in [0.5, 0.6) is 5.75 Å². The molecule has 2 heterocycles. The molecule has 1 aliphatic rings. The van der Waals surface area contributed by atoms with E-state index in [1.807, 2.05) is 24.3 Å². The van der Waals surface area contributed by atoms with Gasteiger partial charge in [0, 0.05) is 37.3 Å². The minimum atomic E-state index is -0.983. The summed E-state index contributed by atoms with van der Waals surface area (Å²) in [7, 11) is 0. The highest BCUT2D eigenvalue weighted by atomic mass is 16.4. The molecule has 0 bridgehead atoms. The quantitative estimate of drug-likeness (QED) is 0.362. The van der Waals surface area contributed by atoms with Crippen LogP contribution in [0, 0.1) is 0 Å². The fourth-order valence-corrected chi connectivity index (χ4v) is 5.36. The summed E-state index contributed by atoms with van der Waals surface area (Å²) in [4.78, 5) is 17.2.